The maximum Gasteiger partial charge on any atom is 0.223 e. The van der Waals surface area contributed by atoms with Crippen LogP contribution >= 0.6 is 11.3 Å². The van der Waals surface area contributed by atoms with Crippen LogP contribution in [0.15, 0.2) is 16.2 Å². The molecular formula is C10H14N4OS. The zero-order valence-corrected chi connectivity index (χ0v) is 10.1. The third-order valence-electron chi connectivity index (χ3n) is 2.27. The molecule has 1 N–H and O–H groups in total. The molecular weight excluding hydrogens is 224 g/mol. The highest BCUT2D eigenvalue weighted by Gasteiger charge is 2.14. The second kappa shape index (κ2) is 5.18. The molecule has 6 heteroatoms. The molecule has 0 bridgehead atoms. The first kappa shape index (κ1) is 11.2. The summed E-state index contributed by atoms with van der Waals surface area (Å²) < 4.78 is 4.97. The van der Waals surface area contributed by atoms with E-state index in [0.29, 0.717) is 5.89 Å². The number of aromatic nitrogens is 3. The highest BCUT2D eigenvalue weighted by atomic mass is 32.1. The molecule has 2 aromatic rings. The van der Waals surface area contributed by atoms with Gasteiger partial charge >= 0.3 is 0 Å². The van der Waals surface area contributed by atoms with Crippen LogP contribution in [0.4, 0.5) is 0 Å². The molecule has 0 aliphatic carbocycles. The van der Waals surface area contributed by atoms with Gasteiger partial charge in [-0.1, -0.05) is 12.1 Å². The quantitative estimate of drug-likeness (QED) is 0.864. The Labute approximate surface area is 97.9 Å². The van der Waals surface area contributed by atoms with Crippen molar-refractivity contribution < 1.29 is 4.52 Å². The third kappa shape index (κ3) is 2.65. The SMILES string of the molecule is CCC(NCc1cncs1)c1noc(C)n1. The topological polar surface area (TPSA) is 63.8 Å². The lowest BCUT2D eigenvalue weighted by atomic mass is 10.2. The number of thiazole rings is 1. The van der Waals surface area contributed by atoms with Crippen molar-refractivity contribution in [3.05, 3.63) is 28.3 Å². The summed E-state index contributed by atoms with van der Waals surface area (Å²) in [5.41, 5.74) is 1.83. The molecule has 1 atom stereocenters. The molecule has 2 aromatic heterocycles. The minimum absolute atomic E-state index is 0.138. The van der Waals surface area contributed by atoms with Gasteiger partial charge < -0.3 is 9.84 Å². The molecule has 0 aromatic carbocycles. The summed E-state index contributed by atoms with van der Waals surface area (Å²) in [6.07, 6.45) is 2.80. The second-order valence-electron chi connectivity index (χ2n) is 3.48. The van der Waals surface area contributed by atoms with Gasteiger partial charge in [-0.3, -0.25) is 4.98 Å². The third-order valence-corrected chi connectivity index (χ3v) is 3.05. The van der Waals surface area contributed by atoms with Gasteiger partial charge in [-0.15, -0.1) is 11.3 Å². The van der Waals surface area contributed by atoms with Crippen molar-refractivity contribution in [1.82, 2.24) is 20.4 Å². The van der Waals surface area contributed by atoms with E-state index in [1.165, 1.54) is 4.88 Å². The van der Waals surface area contributed by atoms with Gasteiger partial charge in [0.05, 0.1) is 11.6 Å². The fourth-order valence-electron chi connectivity index (χ4n) is 1.43. The zero-order chi connectivity index (χ0) is 11.4. The lowest BCUT2D eigenvalue weighted by Crippen LogP contribution is -2.20. The van der Waals surface area contributed by atoms with Crippen molar-refractivity contribution in [2.24, 2.45) is 0 Å². The molecule has 0 amide bonds. The first-order valence-corrected chi connectivity index (χ1v) is 6.08. The Bertz CT molecular complexity index is 426. The average molecular weight is 238 g/mol. The predicted molar refractivity (Wildman–Crippen MR) is 61.0 cm³/mol. The van der Waals surface area contributed by atoms with Crippen LogP contribution in [0.25, 0.3) is 0 Å². The lowest BCUT2D eigenvalue weighted by Gasteiger charge is -2.11. The smallest absolute Gasteiger partial charge is 0.223 e. The van der Waals surface area contributed by atoms with Crippen molar-refractivity contribution in [3.63, 3.8) is 0 Å². The van der Waals surface area contributed by atoms with Crippen LogP contribution in [-0.2, 0) is 6.54 Å². The fourth-order valence-corrected chi connectivity index (χ4v) is 1.97. The number of aryl methyl sites for hydroxylation is 1. The number of nitrogens with one attached hydrogen (secondary N) is 1. The van der Waals surface area contributed by atoms with E-state index in [0.717, 1.165) is 18.8 Å². The highest BCUT2D eigenvalue weighted by molar-refractivity contribution is 7.09. The summed E-state index contributed by atoms with van der Waals surface area (Å²) in [7, 11) is 0. The first-order valence-electron chi connectivity index (χ1n) is 5.20. The van der Waals surface area contributed by atoms with Crippen LogP contribution in [0.2, 0.25) is 0 Å². The first-order chi connectivity index (χ1) is 7.79. The van der Waals surface area contributed by atoms with E-state index in [4.69, 9.17) is 4.52 Å². The van der Waals surface area contributed by atoms with Crippen LogP contribution in [0.3, 0.4) is 0 Å². The Hall–Kier alpha value is -1.27. The molecule has 5 nitrogen and oxygen atoms in total. The molecule has 2 rings (SSSR count). The molecule has 0 saturated heterocycles. The summed E-state index contributed by atoms with van der Waals surface area (Å²) in [6.45, 7) is 4.68. The molecule has 0 spiro atoms. The van der Waals surface area contributed by atoms with Gasteiger partial charge in [-0.2, -0.15) is 4.98 Å². The monoisotopic (exact) mass is 238 g/mol. The number of nitrogens with zero attached hydrogens (tertiary/aromatic N) is 3. The van der Waals surface area contributed by atoms with Gasteiger partial charge in [0.15, 0.2) is 5.82 Å². The second-order valence-corrected chi connectivity index (χ2v) is 4.45. The van der Waals surface area contributed by atoms with Gasteiger partial charge in [-0.05, 0) is 6.42 Å². The zero-order valence-electron chi connectivity index (χ0n) is 9.30. The Balaban J connectivity index is 1.96. The van der Waals surface area contributed by atoms with Crippen LogP contribution < -0.4 is 5.32 Å². The Morgan fingerprint density at radius 1 is 1.56 bits per heavy atom. The van der Waals surface area contributed by atoms with E-state index in [2.05, 4.69) is 27.4 Å². The fraction of sp³-hybridized carbons (Fsp3) is 0.500. The summed E-state index contributed by atoms with van der Waals surface area (Å²) >= 11 is 1.64. The van der Waals surface area contributed by atoms with Crippen LogP contribution in [-0.4, -0.2) is 15.1 Å². The van der Waals surface area contributed by atoms with E-state index in [1.807, 2.05) is 11.7 Å². The van der Waals surface area contributed by atoms with Gasteiger partial charge in [0, 0.05) is 24.5 Å². The minimum atomic E-state index is 0.138. The van der Waals surface area contributed by atoms with E-state index in [1.54, 1.807) is 18.3 Å². The maximum absolute atomic E-state index is 4.97. The van der Waals surface area contributed by atoms with E-state index < -0.39 is 0 Å². The van der Waals surface area contributed by atoms with Crippen LogP contribution in [0.1, 0.15) is 36.0 Å². The van der Waals surface area contributed by atoms with E-state index >= 15 is 0 Å². The largest absolute Gasteiger partial charge is 0.340 e. The van der Waals surface area contributed by atoms with Gasteiger partial charge in [0.1, 0.15) is 0 Å². The molecule has 0 aliphatic rings. The van der Waals surface area contributed by atoms with Crippen LogP contribution in [0, 0.1) is 6.92 Å². The standard InChI is InChI=1S/C10H14N4OS/c1-3-9(10-13-7(2)15-14-10)12-5-8-4-11-6-16-8/h4,6,9,12H,3,5H2,1-2H3. The lowest BCUT2D eigenvalue weighted by molar-refractivity contribution is 0.374. The van der Waals surface area contributed by atoms with Crippen molar-refractivity contribution in [2.75, 3.05) is 0 Å². The molecule has 16 heavy (non-hydrogen) atoms. The summed E-state index contributed by atoms with van der Waals surface area (Å²) in [5, 5.41) is 7.31. The van der Waals surface area contributed by atoms with Crippen molar-refractivity contribution in [3.8, 4) is 0 Å². The Morgan fingerprint density at radius 2 is 2.44 bits per heavy atom. The number of hydrogen-bond acceptors (Lipinski definition) is 6. The van der Waals surface area contributed by atoms with Crippen molar-refractivity contribution in [2.45, 2.75) is 32.9 Å². The molecule has 0 saturated carbocycles. The highest BCUT2D eigenvalue weighted by Crippen LogP contribution is 2.14. The van der Waals surface area contributed by atoms with Gasteiger partial charge in [-0.25, -0.2) is 0 Å². The molecule has 1 unspecified atom stereocenters. The van der Waals surface area contributed by atoms with Crippen molar-refractivity contribution >= 4 is 11.3 Å². The average Bonchev–Trinajstić information content (AvgIpc) is 2.91. The van der Waals surface area contributed by atoms with Gasteiger partial charge in [0.2, 0.25) is 5.89 Å². The van der Waals surface area contributed by atoms with Crippen molar-refractivity contribution in [1.29, 1.82) is 0 Å². The normalized spacial score (nSPS) is 12.9. The van der Waals surface area contributed by atoms with E-state index in [9.17, 15) is 0 Å². The maximum atomic E-state index is 4.97. The molecule has 0 radical (unpaired) electrons. The molecule has 86 valence electrons. The predicted octanol–water partition coefficient (Wildman–Crippen LogP) is 2.08. The molecule has 2 heterocycles. The Morgan fingerprint density at radius 3 is 3.00 bits per heavy atom. The minimum Gasteiger partial charge on any atom is -0.340 e. The molecule has 0 fully saturated rings. The number of hydrogen-bond donors (Lipinski definition) is 1. The molecule has 0 aliphatic heterocycles. The van der Waals surface area contributed by atoms with E-state index in [-0.39, 0.29) is 6.04 Å². The summed E-state index contributed by atoms with van der Waals surface area (Å²) in [6, 6.07) is 0.138. The number of rotatable bonds is 5. The van der Waals surface area contributed by atoms with Crippen LogP contribution in [0.5, 0.6) is 0 Å². The Kier molecular flexibility index (Phi) is 3.63. The summed E-state index contributed by atoms with van der Waals surface area (Å²) in [5.74, 6) is 1.33. The summed E-state index contributed by atoms with van der Waals surface area (Å²) in [4.78, 5) is 9.47. The van der Waals surface area contributed by atoms with Gasteiger partial charge in [0.25, 0.3) is 0 Å².